The highest BCUT2D eigenvalue weighted by atomic mass is 32.1. The van der Waals surface area contributed by atoms with Gasteiger partial charge in [-0.2, -0.15) is 0 Å². The van der Waals surface area contributed by atoms with Crippen molar-refractivity contribution in [1.82, 2.24) is 4.98 Å². The van der Waals surface area contributed by atoms with Gasteiger partial charge >= 0.3 is 0 Å². The molecular formula is C12H14N2OS. The van der Waals surface area contributed by atoms with Gasteiger partial charge in [0.25, 0.3) is 0 Å². The zero-order chi connectivity index (χ0) is 11.2. The molecule has 16 heavy (non-hydrogen) atoms. The second-order valence-corrected chi connectivity index (χ2v) is 5.29. The summed E-state index contributed by atoms with van der Waals surface area (Å²) < 4.78 is 5.57. The highest BCUT2D eigenvalue weighted by molar-refractivity contribution is 7.13. The Balaban J connectivity index is 1.94. The molecule has 0 amide bonds. The molecule has 84 valence electrons. The van der Waals surface area contributed by atoms with Crippen LogP contribution in [-0.4, -0.2) is 11.5 Å². The molecule has 2 N–H and O–H groups in total. The molecule has 0 bridgehead atoms. The molecule has 0 aliphatic heterocycles. The molecule has 1 aliphatic carbocycles. The van der Waals surface area contributed by atoms with Crippen LogP contribution in [0.5, 0.6) is 0 Å². The van der Waals surface area contributed by atoms with Gasteiger partial charge in [0.2, 0.25) is 0 Å². The number of hydrogen-bond acceptors (Lipinski definition) is 4. The van der Waals surface area contributed by atoms with Gasteiger partial charge in [-0.05, 0) is 31.9 Å². The zero-order valence-corrected chi connectivity index (χ0v) is 10.0. The molecule has 1 aliphatic rings. The number of nitrogens with two attached hydrogens (primary N) is 1. The fraction of sp³-hybridized carbons (Fsp3) is 0.417. The first kappa shape index (κ1) is 10.1. The lowest BCUT2D eigenvalue weighted by molar-refractivity contribution is 0.547. The van der Waals surface area contributed by atoms with Crippen molar-refractivity contribution in [3.05, 3.63) is 29.0 Å². The van der Waals surface area contributed by atoms with E-state index < -0.39 is 0 Å². The predicted octanol–water partition coefficient (Wildman–Crippen LogP) is 2.70. The first-order valence-electron chi connectivity index (χ1n) is 5.46. The molecule has 0 aromatic carbocycles. The lowest BCUT2D eigenvalue weighted by Crippen LogP contribution is -2.19. The Hall–Kier alpha value is -1.13. The average Bonchev–Trinajstić information content (AvgIpc) is 2.74. The van der Waals surface area contributed by atoms with Gasteiger partial charge in [-0.15, -0.1) is 11.3 Å². The highest BCUT2D eigenvalue weighted by Gasteiger charge is 2.45. The van der Waals surface area contributed by atoms with Crippen LogP contribution in [0.2, 0.25) is 0 Å². The van der Waals surface area contributed by atoms with E-state index in [2.05, 4.69) is 10.4 Å². The molecule has 1 fully saturated rings. The Labute approximate surface area is 98.3 Å². The third-order valence-corrected chi connectivity index (χ3v) is 4.10. The van der Waals surface area contributed by atoms with E-state index in [9.17, 15) is 0 Å². The van der Waals surface area contributed by atoms with Gasteiger partial charge in [0.15, 0.2) is 10.8 Å². The molecule has 2 aromatic heterocycles. The van der Waals surface area contributed by atoms with E-state index in [1.54, 1.807) is 11.3 Å². The SMILES string of the molecule is Cc1ccc(-c2nc(C3(CN)CC3)cs2)o1. The molecule has 0 radical (unpaired) electrons. The summed E-state index contributed by atoms with van der Waals surface area (Å²) in [6, 6.07) is 3.94. The van der Waals surface area contributed by atoms with E-state index in [-0.39, 0.29) is 5.41 Å². The van der Waals surface area contributed by atoms with Crippen LogP contribution in [0, 0.1) is 6.92 Å². The Morgan fingerprint density at radius 2 is 2.31 bits per heavy atom. The van der Waals surface area contributed by atoms with Crippen molar-refractivity contribution in [2.24, 2.45) is 5.73 Å². The Morgan fingerprint density at radius 1 is 1.50 bits per heavy atom. The molecular weight excluding hydrogens is 220 g/mol. The van der Waals surface area contributed by atoms with Gasteiger partial charge in [-0.3, -0.25) is 0 Å². The van der Waals surface area contributed by atoms with Crippen molar-refractivity contribution >= 4 is 11.3 Å². The van der Waals surface area contributed by atoms with Crippen molar-refractivity contribution in [2.75, 3.05) is 6.54 Å². The number of hydrogen-bond donors (Lipinski definition) is 1. The minimum atomic E-state index is 0.177. The van der Waals surface area contributed by atoms with Crippen LogP contribution in [0.15, 0.2) is 21.9 Å². The van der Waals surface area contributed by atoms with Gasteiger partial charge in [0.1, 0.15) is 5.76 Å². The molecule has 2 aromatic rings. The van der Waals surface area contributed by atoms with Crippen LogP contribution >= 0.6 is 11.3 Å². The fourth-order valence-electron chi connectivity index (χ4n) is 1.90. The topological polar surface area (TPSA) is 52.0 Å². The van der Waals surface area contributed by atoms with Crippen LogP contribution in [0.1, 0.15) is 24.3 Å². The Bertz CT molecular complexity index is 511. The third-order valence-electron chi connectivity index (χ3n) is 3.24. The van der Waals surface area contributed by atoms with E-state index in [1.165, 1.54) is 12.8 Å². The first-order chi connectivity index (χ1) is 7.73. The van der Waals surface area contributed by atoms with E-state index >= 15 is 0 Å². The number of rotatable bonds is 3. The summed E-state index contributed by atoms with van der Waals surface area (Å²) in [5.41, 5.74) is 7.11. The van der Waals surface area contributed by atoms with E-state index in [1.807, 2.05) is 19.1 Å². The molecule has 2 heterocycles. The second kappa shape index (κ2) is 3.43. The molecule has 3 rings (SSSR count). The minimum absolute atomic E-state index is 0.177. The van der Waals surface area contributed by atoms with Crippen LogP contribution in [-0.2, 0) is 5.41 Å². The van der Waals surface area contributed by atoms with Crippen molar-refractivity contribution in [1.29, 1.82) is 0 Å². The molecule has 0 unspecified atom stereocenters. The Morgan fingerprint density at radius 3 is 2.88 bits per heavy atom. The van der Waals surface area contributed by atoms with Gasteiger partial charge in [0, 0.05) is 17.3 Å². The molecule has 4 heteroatoms. The number of furan rings is 1. The van der Waals surface area contributed by atoms with Crippen molar-refractivity contribution < 1.29 is 4.42 Å². The summed E-state index contributed by atoms with van der Waals surface area (Å²) in [5, 5.41) is 3.08. The van der Waals surface area contributed by atoms with Gasteiger partial charge in [-0.1, -0.05) is 0 Å². The monoisotopic (exact) mass is 234 g/mol. The quantitative estimate of drug-likeness (QED) is 0.888. The van der Waals surface area contributed by atoms with Gasteiger partial charge < -0.3 is 10.2 Å². The normalized spacial score (nSPS) is 17.6. The summed E-state index contributed by atoms with van der Waals surface area (Å²) in [7, 11) is 0. The number of aryl methyl sites for hydroxylation is 1. The maximum atomic E-state index is 5.79. The lowest BCUT2D eigenvalue weighted by atomic mass is 10.1. The molecule has 3 nitrogen and oxygen atoms in total. The van der Waals surface area contributed by atoms with Crippen molar-refractivity contribution in [2.45, 2.75) is 25.2 Å². The highest BCUT2D eigenvalue weighted by Crippen LogP contribution is 2.47. The van der Waals surface area contributed by atoms with Crippen LogP contribution in [0.3, 0.4) is 0 Å². The second-order valence-electron chi connectivity index (χ2n) is 4.43. The Kier molecular flexibility index (Phi) is 2.16. The van der Waals surface area contributed by atoms with Crippen LogP contribution in [0.4, 0.5) is 0 Å². The largest absolute Gasteiger partial charge is 0.459 e. The summed E-state index contributed by atoms with van der Waals surface area (Å²) in [5.74, 6) is 1.79. The summed E-state index contributed by atoms with van der Waals surface area (Å²) >= 11 is 1.64. The average molecular weight is 234 g/mol. The molecule has 0 spiro atoms. The maximum Gasteiger partial charge on any atom is 0.162 e. The van der Waals surface area contributed by atoms with Crippen molar-refractivity contribution in [3.8, 4) is 10.8 Å². The first-order valence-corrected chi connectivity index (χ1v) is 6.34. The van der Waals surface area contributed by atoms with Crippen LogP contribution in [0.25, 0.3) is 10.8 Å². The van der Waals surface area contributed by atoms with E-state index in [0.717, 1.165) is 22.2 Å². The fourth-order valence-corrected chi connectivity index (χ4v) is 2.80. The predicted molar refractivity (Wildman–Crippen MR) is 64.5 cm³/mol. The molecule has 0 atom stereocenters. The molecule has 0 saturated heterocycles. The van der Waals surface area contributed by atoms with E-state index in [0.29, 0.717) is 6.54 Å². The number of aromatic nitrogens is 1. The summed E-state index contributed by atoms with van der Waals surface area (Å²) in [4.78, 5) is 4.64. The van der Waals surface area contributed by atoms with Gasteiger partial charge in [-0.25, -0.2) is 4.98 Å². The maximum absolute atomic E-state index is 5.79. The van der Waals surface area contributed by atoms with Crippen LogP contribution < -0.4 is 5.73 Å². The number of nitrogens with zero attached hydrogens (tertiary/aromatic N) is 1. The standard InChI is InChI=1S/C12H14N2OS/c1-8-2-3-9(15-8)11-14-10(6-16-11)12(7-13)4-5-12/h2-3,6H,4-5,7,13H2,1H3. The van der Waals surface area contributed by atoms with Crippen molar-refractivity contribution in [3.63, 3.8) is 0 Å². The summed E-state index contributed by atoms with van der Waals surface area (Å²) in [6.07, 6.45) is 2.34. The lowest BCUT2D eigenvalue weighted by Gasteiger charge is -2.06. The van der Waals surface area contributed by atoms with Gasteiger partial charge in [0.05, 0.1) is 5.69 Å². The minimum Gasteiger partial charge on any atom is -0.459 e. The zero-order valence-electron chi connectivity index (χ0n) is 9.19. The number of thiazole rings is 1. The third kappa shape index (κ3) is 1.49. The van der Waals surface area contributed by atoms with E-state index in [4.69, 9.17) is 10.2 Å². The summed E-state index contributed by atoms with van der Waals surface area (Å²) in [6.45, 7) is 2.65. The smallest absolute Gasteiger partial charge is 0.162 e. The molecule has 1 saturated carbocycles.